The van der Waals surface area contributed by atoms with Gasteiger partial charge in [0.1, 0.15) is 0 Å². The smallest absolute Gasteiger partial charge is 0.00998 e. The van der Waals surface area contributed by atoms with Crippen LogP contribution in [0.1, 0.15) is 22.3 Å². The Kier molecular flexibility index (Phi) is 7.64. The standard InChI is InChI=1S/C24H27P/c1-5-9-19-13-20(10-6-2)16-23(15-19)25-24-17-21(11-7-3)14-22(18-24)12-8-4/h5-8,13-18,25H,1-4,9-12H2. The molecule has 0 aliphatic carbocycles. The van der Waals surface area contributed by atoms with Gasteiger partial charge in [0.25, 0.3) is 0 Å². The van der Waals surface area contributed by atoms with Gasteiger partial charge in [-0.2, -0.15) is 0 Å². The predicted octanol–water partition coefficient (Wildman–Crippen LogP) is 5.23. The van der Waals surface area contributed by atoms with E-state index in [1.54, 1.807) is 0 Å². The summed E-state index contributed by atoms with van der Waals surface area (Å²) in [5.41, 5.74) is 5.30. The summed E-state index contributed by atoms with van der Waals surface area (Å²) < 4.78 is 0. The number of allylic oxidation sites excluding steroid dienone is 4. The monoisotopic (exact) mass is 346 g/mol. The highest BCUT2D eigenvalue weighted by Gasteiger charge is 2.05. The average Bonchev–Trinajstić information content (AvgIpc) is 2.55. The first-order valence-electron chi connectivity index (χ1n) is 8.64. The molecule has 0 unspecified atom stereocenters. The van der Waals surface area contributed by atoms with E-state index in [2.05, 4.69) is 62.7 Å². The van der Waals surface area contributed by atoms with E-state index >= 15 is 0 Å². The minimum atomic E-state index is 0.643. The Hall–Kier alpha value is -2.17. The second-order valence-electron chi connectivity index (χ2n) is 6.17. The molecule has 0 amide bonds. The summed E-state index contributed by atoms with van der Waals surface area (Å²) in [5, 5.41) is 2.74. The van der Waals surface area contributed by atoms with Gasteiger partial charge in [-0.3, -0.25) is 0 Å². The molecule has 0 aliphatic heterocycles. The van der Waals surface area contributed by atoms with E-state index in [1.165, 1.54) is 32.9 Å². The molecular weight excluding hydrogens is 319 g/mol. The molecule has 0 saturated heterocycles. The Morgan fingerprint density at radius 3 is 1.04 bits per heavy atom. The Bertz CT molecular complexity index is 646. The number of benzene rings is 2. The van der Waals surface area contributed by atoms with Crippen LogP contribution in [0.2, 0.25) is 0 Å². The van der Waals surface area contributed by atoms with Crippen LogP contribution in [0, 0.1) is 0 Å². The molecule has 0 N–H and O–H groups in total. The number of hydrogen-bond acceptors (Lipinski definition) is 0. The minimum absolute atomic E-state index is 0.643. The van der Waals surface area contributed by atoms with Gasteiger partial charge in [0.15, 0.2) is 0 Å². The number of rotatable bonds is 10. The fourth-order valence-corrected chi connectivity index (χ4v) is 4.34. The van der Waals surface area contributed by atoms with Crippen LogP contribution in [0.3, 0.4) is 0 Å². The highest BCUT2D eigenvalue weighted by atomic mass is 31.1. The van der Waals surface area contributed by atoms with Crippen LogP contribution >= 0.6 is 8.58 Å². The van der Waals surface area contributed by atoms with Crippen molar-refractivity contribution in [2.75, 3.05) is 0 Å². The molecule has 2 aromatic rings. The molecular formula is C24H27P. The maximum absolute atomic E-state index is 3.87. The van der Waals surface area contributed by atoms with Crippen LogP contribution in [0.25, 0.3) is 0 Å². The summed E-state index contributed by atoms with van der Waals surface area (Å²) in [5.74, 6) is 0. The van der Waals surface area contributed by atoms with Gasteiger partial charge in [-0.25, -0.2) is 0 Å². The lowest BCUT2D eigenvalue weighted by atomic mass is 10.1. The lowest BCUT2D eigenvalue weighted by molar-refractivity contribution is 1.21. The molecule has 0 radical (unpaired) electrons. The highest BCUT2D eigenvalue weighted by molar-refractivity contribution is 7.55. The van der Waals surface area contributed by atoms with E-state index in [0.29, 0.717) is 8.58 Å². The van der Waals surface area contributed by atoms with Gasteiger partial charge in [0.05, 0.1) is 0 Å². The summed E-state index contributed by atoms with van der Waals surface area (Å²) in [4.78, 5) is 0. The Morgan fingerprint density at radius 2 is 0.800 bits per heavy atom. The van der Waals surface area contributed by atoms with Gasteiger partial charge >= 0.3 is 0 Å². The van der Waals surface area contributed by atoms with Gasteiger partial charge in [-0.05, 0) is 58.5 Å². The lowest BCUT2D eigenvalue weighted by Crippen LogP contribution is -2.08. The van der Waals surface area contributed by atoms with Crippen molar-refractivity contribution in [2.45, 2.75) is 25.7 Å². The molecule has 2 rings (SSSR count). The molecule has 0 spiro atoms. The topological polar surface area (TPSA) is 0 Å². The average molecular weight is 346 g/mol. The van der Waals surface area contributed by atoms with Crippen molar-refractivity contribution in [1.82, 2.24) is 0 Å². The fourth-order valence-electron chi connectivity index (χ4n) is 2.97. The first-order valence-corrected chi connectivity index (χ1v) is 9.64. The summed E-state index contributed by atoms with van der Waals surface area (Å²) in [6, 6.07) is 13.7. The minimum Gasteiger partial charge on any atom is -0.103 e. The summed E-state index contributed by atoms with van der Waals surface area (Å²) in [6.07, 6.45) is 11.5. The molecule has 0 nitrogen and oxygen atoms in total. The van der Waals surface area contributed by atoms with Crippen LogP contribution < -0.4 is 10.6 Å². The van der Waals surface area contributed by atoms with Gasteiger partial charge in [-0.15, -0.1) is 26.3 Å². The zero-order valence-corrected chi connectivity index (χ0v) is 15.9. The van der Waals surface area contributed by atoms with Crippen LogP contribution in [-0.4, -0.2) is 0 Å². The fraction of sp³-hybridized carbons (Fsp3) is 0.167. The van der Waals surface area contributed by atoms with Crippen molar-refractivity contribution < 1.29 is 0 Å². The van der Waals surface area contributed by atoms with Gasteiger partial charge in [0.2, 0.25) is 0 Å². The van der Waals surface area contributed by atoms with Crippen LogP contribution in [0.15, 0.2) is 87.0 Å². The maximum atomic E-state index is 3.87. The zero-order valence-electron chi connectivity index (χ0n) is 14.9. The third kappa shape index (κ3) is 6.00. The summed E-state index contributed by atoms with van der Waals surface area (Å²) in [6.45, 7) is 15.5. The van der Waals surface area contributed by atoms with Crippen LogP contribution in [0.4, 0.5) is 0 Å². The Morgan fingerprint density at radius 1 is 0.520 bits per heavy atom. The molecule has 1 heteroatoms. The van der Waals surface area contributed by atoms with Crippen LogP contribution in [0.5, 0.6) is 0 Å². The van der Waals surface area contributed by atoms with Crippen molar-refractivity contribution >= 4 is 19.2 Å². The van der Waals surface area contributed by atoms with Gasteiger partial charge in [-0.1, -0.05) is 69.3 Å². The maximum Gasteiger partial charge on any atom is -0.00998 e. The lowest BCUT2D eigenvalue weighted by Gasteiger charge is -2.11. The molecule has 0 fully saturated rings. The van der Waals surface area contributed by atoms with Crippen molar-refractivity contribution in [3.63, 3.8) is 0 Å². The van der Waals surface area contributed by atoms with E-state index in [-0.39, 0.29) is 0 Å². The third-order valence-electron chi connectivity index (χ3n) is 3.91. The third-order valence-corrected chi connectivity index (χ3v) is 5.07. The van der Waals surface area contributed by atoms with E-state index in [9.17, 15) is 0 Å². The quantitative estimate of drug-likeness (QED) is 0.408. The van der Waals surface area contributed by atoms with E-state index in [1.807, 2.05) is 24.3 Å². The largest absolute Gasteiger partial charge is 0.103 e. The molecule has 0 aliphatic rings. The second kappa shape index (κ2) is 9.97. The molecule has 0 saturated carbocycles. The predicted molar refractivity (Wildman–Crippen MR) is 116 cm³/mol. The first-order chi connectivity index (χ1) is 12.2. The molecule has 0 aromatic heterocycles. The van der Waals surface area contributed by atoms with Gasteiger partial charge in [0, 0.05) is 0 Å². The normalized spacial score (nSPS) is 10.2. The summed E-state index contributed by atoms with van der Waals surface area (Å²) in [7, 11) is 0.643. The van der Waals surface area contributed by atoms with Crippen molar-refractivity contribution in [1.29, 1.82) is 0 Å². The van der Waals surface area contributed by atoms with Crippen LogP contribution in [-0.2, 0) is 25.7 Å². The molecule has 128 valence electrons. The van der Waals surface area contributed by atoms with Crippen molar-refractivity contribution in [3.05, 3.63) is 109 Å². The molecule has 0 bridgehead atoms. The first kappa shape index (κ1) is 19.2. The second-order valence-corrected chi connectivity index (χ2v) is 7.58. The van der Waals surface area contributed by atoms with E-state index < -0.39 is 0 Å². The molecule has 0 atom stereocenters. The Labute approximate surface area is 154 Å². The zero-order chi connectivity index (χ0) is 18.1. The summed E-state index contributed by atoms with van der Waals surface area (Å²) >= 11 is 0. The van der Waals surface area contributed by atoms with Crippen molar-refractivity contribution in [2.24, 2.45) is 0 Å². The number of hydrogen-bond donors (Lipinski definition) is 0. The van der Waals surface area contributed by atoms with E-state index in [0.717, 1.165) is 25.7 Å². The highest BCUT2D eigenvalue weighted by Crippen LogP contribution is 2.18. The Balaban J connectivity index is 2.36. The van der Waals surface area contributed by atoms with Crippen molar-refractivity contribution in [3.8, 4) is 0 Å². The molecule has 2 aromatic carbocycles. The molecule has 25 heavy (non-hydrogen) atoms. The molecule has 0 heterocycles. The van der Waals surface area contributed by atoms with Gasteiger partial charge < -0.3 is 0 Å². The SMILES string of the molecule is C=CCc1cc(CC=C)cc(Pc2cc(CC=C)cc(CC=C)c2)c1. The van der Waals surface area contributed by atoms with E-state index in [4.69, 9.17) is 0 Å².